The third kappa shape index (κ3) is 3.47. The number of hydrogen-bond acceptors (Lipinski definition) is 4. The molecule has 2 aromatic rings. The van der Waals surface area contributed by atoms with Gasteiger partial charge in [-0.05, 0) is 24.1 Å². The molecule has 21 heavy (non-hydrogen) atoms. The van der Waals surface area contributed by atoms with E-state index in [1.54, 1.807) is 0 Å². The Bertz CT molecular complexity index is 707. The fraction of sp³-hybridized carbons (Fsp3) is 0.267. The molecular weight excluding hydrogens is 268 g/mol. The molecule has 6 heteroatoms. The minimum atomic E-state index is -0.480. The van der Waals surface area contributed by atoms with E-state index in [-0.39, 0.29) is 11.4 Å². The summed E-state index contributed by atoms with van der Waals surface area (Å²) < 4.78 is 5.77. The summed E-state index contributed by atoms with van der Waals surface area (Å²) >= 11 is 0. The van der Waals surface area contributed by atoms with Gasteiger partial charge in [0.25, 0.3) is 5.56 Å². The SMILES string of the molecule is CC(C)COc1ccccc1-c1cc(C(=N)N)c(=O)[nH]n1. The summed E-state index contributed by atoms with van der Waals surface area (Å²) in [7, 11) is 0. The highest BCUT2D eigenvalue weighted by Crippen LogP contribution is 2.28. The van der Waals surface area contributed by atoms with Crippen LogP contribution >= 0.6 is 0 Å². The molecule has 0 saturated heterocycles. The van der Waals surface area contributed by atoms with Crippen molar-refractivity contribution in [3.05, 3.63) is 46.2 Å². The number of nitrogen functional groups attached to an aromatic ring is 1. The molecule has 0 aliphatic heterocycles. The summed E-state index contributed by atoms with van der Waals surface area (Å²) in [5.41, 5.74) is 6.28. The third-order valence-electron chi connectivity index (χ3n) is 2.83. The highest BCUT2D eigenvalue weighted by atomic mass is 16.5. The fourth-order valence-electron chi connectivity index (χ4n) is 1.80. The summed E-state index contributed by atoms with van der Waals surface area (Å²) in [6.45, 7) is 4.71. The fourth-order valence-corrected chi connectivity index (χ4v) is 1.80. The highest BCUT2D eigenvalue weighted by Gasteiger charge is 2.12. The van der Waals surface area contributed by atoms with Gasteiger partial charge in [-0.25, -0.2) is 5.10 Å². The molecule has 1 aromatic carbocycles. The van der Waals surface area contributed by atoms with Gasteiger partial charge in [-0.15, -0.1) is 0 Å². The molecular formula is C15H18N4O2. The molecule has 110 valence electrons. The van der Waals surface area contributed by atoms with Crippen molar-refractivity contribution >= 4 is 5.84 Å². The Labute approximate surface area is 122 Å². The van der Waals surface area contributed by atoms with Crippen molar-refractivity contribution < 1.29 is 4.74 Å². The van der Waals surface area contributed by atoms with Crippen LogP contribution in [-0.4, -0.2) is 22.6 Å². The molecule has 1 aromatic heterocycles. The van der Waals surface area contributed by atoms with Gasteiger partial charge in [0.05, 0.1) is 17.9 Å². The van der Waals surface area contributed by atoms with E-state index in [1.165, 1.54) is 6.07 Å². The van der Waals surface area contributed by atoms with Crippen molar-refractivity contribution in [1.82, 2.24) is 10.2 Å². The lowest BCUT2D eigenvalue weighted by Gasteiger charge is -2.12. The molecule has 0 aliphatic carbocycles. The second-order valence-corrected chi connectivity index (χ2v) is 5.11. The van der Waals surface area contributed by atoms with Crippen LogP contribution in [0.1, 0.15) is 19.4 Å². The average Bonchev–Trinajstić information content (AvgIpc) is 2.45. The van der Waals surface area contributed by atoms with Crippen LogP contribution in [0.3, 0.4) is 0 Å². The topological polar surface area (TPSA) is 105 Å². The quantitative estimate of drug-likeness (QED) is 0.575. The number of rotatable bonds is 5. The normalized spacial score (nSPS) is 10.6. The number of nitrogens with zero attached hydrogens (tertiary/aromatic N) is 1. The lowest BCUT2D eigenvalue weighted by Crippen LogP contribution is -2.24. The third-order valence-corrected chi connectivity index (χ3v) is 2.83. The zero-order valence-corrected chi connectivity index (χ0v) is 12.0. The van der Waals surface area contributed by atoms with Gasteiger partial charge < -0.3 is 10.5 Å². The second kappa shape index (κ2) is 6.21. The maximum Gasteiger partial charge on any atom is 0.275 e. The Morgan fingerprint density at radius 2 is 2.14 bits per heavy atom. The predicted octanol–water partition coefficient (Wildman–Crippen LogP) is 1.76. The molecule has 6 nitrogen and oxygen atoms in total. The van der Waals surface area contributed by atoms with Gasteiger partial charge in [-0.1, -0.05) is 26.0 Å². The molecule has 0 saturated carbocycles. The van der Waals surface area contributed by atoms with E-state index in [4.69, 9.17) is 15.9 Å². The number of H-pyrrole nitrogens is 1. The minimum absolute atomic E-state index is 0.0960. The van der Waals surface area contributed by atoms with E-state index >= 15 is 0 Å². The van der Waals surface area contributed by atoms with Crippen molar-refractivity contribution in [1.29, 1.82) is 5.41 Å². The zero-order valence-electron chi connectivity index (χ0n) is 12.0. The Morgan fingerprint density at radius 3 is 2.81 bits per heavy atom. The highest BCUT2D eigenvalue weighted by molar-refractivity contribution is 5.95. The first kappa shape index (κ1) is 14.8. The molecule has 0 unspecified atom stereocenters. The molecule has 4 N–H and O–H groups in total. The van der Waals surface area contributed by atoms with Crippen LogP contribution in [0.4, 0.5) is 0 Å². The van der Waals surface area contributed by atoms with E-state index in [0.717, 1.165) is 5.56 Å². The van der Waals surface area contributed by atoms with Crippen LogP contribution in [0.25, 0.3) is 11.3 Å². The molecule has 0 radical (unpaired) electrons. The Morgan fingerprint density at radius 1 is 1.43 bits per heavy atom. The number of aromatic nitrogens is 2. The van der Waals surface area contributed by atoms with E-state index in [2.05, 4.69) is 24.0 Å². The van der Waals surface area contributed by atoms with Gasteiger partial charge in [-0.2, -0.15) is 5.10 Å². The summed E-state index contributed by atoms with van der Waals surface area (Å²) in [4.78, 5) is 11.6. The van der Waals surface area contributed by atoms with Crippen molar-refractivity contribution in [3.8, 4) is 17.0 Å². The van der Waals surface area contributed by atoms with Gasteiger partial charge in [0.15, 0.2) is 0 Å². The molecule has 0 bridgehead atoms. The van der Waals surface area contributed by atoms with Crippen molar-refractivity contribution in [2.24, 2.45) is 11.7 Å². The van der Waals surface area contributed by atoms with E-state index in [9.17, 15) is 4.79 Å². The van der Waals surface area contributed by atoms with Crippen LogP contribution in [0, 0.1) is 11.3 Å². The maximum absolute atomic E-state index is 11.6. The lowest BCUT2D eigenvalue weighted by atomic mass is 10.1. The molecule has 0 spiro atoms. The van der Waals surface area contributed by atoms with Gasteiger partial charge >= 0.3 is 0 Å². The molecule has 0 aliphatic rings. The van der Waals surface area contributed by atoms with Crippen LogP contribution in [0.2, 0.25) is 0 Å². The van der Waals surface area contributed by atoms with Crippen molar-refractivity contribution in [2.75, 3.05) is 6.61 Å². The summed E-state index contributed by atoms with van der Waals surface area (Å²) in [6, 6.07) is 8.92. The second-order valence-electron chi connectivity index (χ2n) is 5.11. The van der Waals surface area contributed by atoms with Crippen LogP contribution < -0.4 is 16.0 Å². The first-order chi connectivity index (χ1) is 9.99. The number of nitrogens with one attached hydrogen (secondary N) is 2. The van der Waals surface area contributed by atoms with Gasteiger partial charge in [-0.3, -0.25) is 10.2 Å². The number of para-hydroxylation sites is 1. The molecule has 1 heterocycles. The average molecular weight is 286 g/mol. The van der Waals surface area contributed by atoms with Crippen molar-refractivity contribution in [3.63, 3.8) is 0 Å². The number of benzene rings is 1. The predicted molar refractivity (Wildman–Crippen MR) is 81.6 cm³/mol. The van der Waals surface area contributed by atoms with Crippen LogP contribution in [-0.2, 0) is 0 Å². The smallest absolute Gasteiger partial charge is 0.275 e. The summed E-state index contributed by atoms with van der Waals surface area (Å²) in [5.74, 6) is 0.787. The number of amidine groups is 1. The molecule has 0 atom stereocenters. The van der Waals surface area contributed by atoms with Crippen molar-refractivity contribution in [2.45, 2.75) is 13.8 Å². The van der Waals surface area contributed by atoms with E-state index < -0.39 is 5.56 Å². The van der Waals surface area contributed by atoms with Crippen LogP contribution in [0.15, 0.2) is 35.1 Å². The Kier molecular flexibility index (Phi) is 4.37. The number of aromatic amines is 1. The Hall–Kier alpha value is -2.63. The first-order valence-corrected chi connectivity index (χ1v) is 6.65. The molecule has 2 rings (SSSR count). The molecule has 0 amide bonds. The van der Waals surface area contributed by atoms with E-state index in [0.29, 0.717) is 24.0 Å². The number of hydrogen-bond donors (Lipinski definition) is 3. The van der Waals surface area contributed by atoms with Gasteiger partial charge in [0.1, 0.15) is 11.6 Å². The zero-order chi connectivity index (χ0) is 15.4. The van der Waals surface area contributed by atoms with Crippen LogP contribution in [0.5, 0.6) is 5.75 Å². The number of nitrogens with two attached hydrogens (primary N) is 1. The maximum atomic E-state index is 11.6. The lowest BCUT2D eigenvalue weighted by molar-refractivity contribution is 0.272. The minimum Gasteiger partial charge on any atom is -0.493 e. The Balaban J connectivity index is 2.44. The standard InChI is InChI=1S/C15H18N4O2/c1-9(2)8-21-13-6-4-3-5-10(13)12-7-11(14(16)17)15(20)19-18-12/h3-7,9H,8H2,1-2H3,(H3,16,17)(H,19,20). The monoisotopic (exact) mass is 286 g/mol. The summed E-state index contributed by atoms with van der Waals surface area (Å²) in [6.07, 6.45) is 0. The molecule has 0 fully saturated rings. The largest absolute Gasteiger partial charge is 0.493 e. The first-order valence-electron chi connectivity index (χ1n) is 6.65. The van der Waals surface area contributed by atoms with Gasteiger partial charge in [0.2, 0.25) is 0 Å². The van der Waals surface area contributed by atoms with E-state index in [1.807, 2.05) is 24.3 Å². The number of ether oxygens (including phenoxy) is 1. The van der Waals surface area contributed by atoms with Gasteiger partial charge in [0, 0.05) is 5.56 Å². The summed E-state index contributed by atoms with van der Waals surface area (Å²) in [5, 5.41) is 13.8.